The standard InChI is InChI=1S/C15H21N3O3/c1-11-13(7-5-8-14(11)18(20)21)15(19)17-9-4-3-6-12(17)10-16-2/h5,7-8,12,16H,3-4,6,9-10H2,1-2H3. The van der Waals surface area contributed by atoms with E-state index in [0.717, 1.165) is 25.8 Å². The number of hydrogen-bond acceptors (Lipinski definition) is 4. The van der Waals surface area contributed by atoms with Crippen molar-refractivity contribution in [2.45, 2.75) is 32.2 Å². The van der Waals surface area contributed by atoms with Gasteiger partial charge in [-0.3, -0.25) is 14.9 Å². The Balaban J connectivity index is 2.30. The second-order valence-electron chi connectivity index (χ2n) is 5.41. The molecule has 0 saturated carbocycles. The van der Waals surface area contributed by atoms with Gasteiger partial charge in [0.15, 0.2) is 0 Å². The van der Waals surface area contributed by atoms with Gasteiger partial charge in [-0.1, -0.05) is 6.07 Å². The summed E-state index contributed by atoms with van der Waals surface area (Å²) in [6.07, 6.45) is 3.07. The van der Waals surface area contributed by atoms with Crippen molar-refractivity contribution in [2.75, 3.05) is 20.1 Å². The van der Waals surface area contributed by atoms with E-state index in [1.165, 1.54) is 6.07 Å². The Bertz CT molecular complexity index is 543. The van der Waals surface area contributed by atoms with Crippen LogP contribution in [0.4, 0.5) is 5.69 Å². The lowest BCUT2D eigenvalue weighted by molar-refractivity contribution is -0.385. The van der Waals surface area contributed by atoms with Gasteiger partial charge in [-0.25, -0.2) is 0 Å². The van der Waals surface area contributed by atoms with Gasteiger partial charge >= 0.3 is 0 Å². The predicted molar refractivity (Wildman–Crippen MR) is 80.4 cm³/mol. The van der Waals surface area contributed by atoms with Crippen LogP contribution in [0.25, 0.3) is 0 Å². The minimum atomic E-state index is -0.437. The third kappa shape index (κ3) is 3.21. The van der Waals surface area contributed by atoms with Crippen molar-refractivity contribution in [2.24, 2.45) is 0 Å². The zero-order chi connectivity index (χ0) is 15.4. The van der Waals surface area contributed by atoms with E-state index in [1.54, 1.807) is 19.1 Å². The van der Waals surface area contributed by atoms with E-state index in [0.29, 0.717) is 17.7 Å². The van der Waals surface area contributed by atoms with Crippen LogP contribution in [0.1, 0.15) is 35.2 Å². The molecule has 1 aliphatic heterocycles. The Morgan fingerprint density at radius 3 is 2.90 bits per heavy atom. The van der Waals surface area contributed by atoms with Crippen LogP contribution in [-0.4, -0.2) is 41.9 Å². The van der Waals surface area contributed by atoms with E-state index in [1.807, 2.05) is 11.9 Å². The highest BCUT2D eigenvalue weighted by Gasteiger charge is 2.29. The highest BCUT2D eigenvalue weighted by atomic mass is 16.6. The molecule has 6 nitrogen and oxygen atoms in total. The SMILES string of the molecule is CNCC1CCCCN1C(=O)c1cccc([N+](=O)[O-])c1C. The summed E-state index contributed by atoms with van der Waals surface area (Å²) in [5, 5.41) is 14.1. The smallest absolute Gasteiger partial charge is 0.273 e. The number of nitro groups is 1. The first-order valence-corrected chi connectivity index (χ1v) is 7.25. The molecule has 1 atom stereocenters. The first kappa shape index (κ1) is 15.4. The lowest BCUT2D eigenvalue weighted by atomic mass is 9.99. The number of nitrogens with zero attached hydrogens (tertiary/aromatic N) is 2. The summed E-state index contributed by atoms with van der Waals surface area (Å²) in [4.78, 5) is 25.2. The largest absolute Gasteiger partial charge is 0.334 e. The lowest BCUT2D eigenvalue weighted by Gasteiger charge is -2.36. The Morgan fingerprint density at radius 2 is 2.24 bits per heavy atom. The molecule has 1 N–H and O–H groups in total. The number of likely N-dealkylation sites (N-methyl/N-ethyl adjacent to an activating group) is 1. The molecule has 1 aromatic rings. The van der Waals surface area contributed by atoms with Gasteiger partial charge in [-0.05, 0) is 39.3 Å². The topological polar surface area (TPSA) is 75.5 Å². The second kappa shape index (κ2) is 6.67. The number of carbonyl (C=O) groups excluding carboxylic acids is 1. The third-order valence-corrected chi connectivity index (χ3v) is 4.06. The Morgan fingerprint density at radius 1 is 1.48 bits per heavy atom. The number of benzene rings is 1. The molecule has 0 spiro atoms. The van der Waals surface area contributed by atoms with Crippen molar-refractivity contribution in [3.8, 4) is 0 Å². The van der Waals surface area contributed by atoms with Gasteiger partial charge in [0.05, 0.1) is 4.92 Å². The highest BCUT2D eigenvalue weighted by Crippen LogP contribution is 2.25. The van der Waals surface area contributed by atoms with E-state index in [9.17, 15) is 14.9 Å². The van der Waals surface area contributed by atoms with Gasteiger partial charge < -0.3 is 10.2 Å². The first-order valence-electron chi connectivity index (χ1n) is 7.25. The van der Waals surface area contributed by atoms with Gasteiger partial charge in [0.25, 0.3) is 11.6 Å². The Labute approximate surface area is 124 Å². The molecule has 6 heteroatoms. The molecule has 0 aliphatic carbocycles. The summed E-state index contributed by atoms with van der Waals surface area (Å²) >= 11 is 0. The van der Waals surface area contributed by atoms with Crippen LogP contribution >= 0.6 is 0 Å². The number of piperidine rings is 1. The molecular formula is C15H21N3O3. The molecule has 1 fully saturated rings. The normalized spacial score (nSPS) is 18.6. The van der Waals surface area contributed by atoms with Gasteiger partial charge in [-0.15, -0.1) is 0 Å². The second-order valence-corrected chi connectivity index (χ2v) is 5.41. The van der Waals surface area contributed by atoms with Crippen LogP contribution < -0.4 is 5.32 Å². The summed E-state index contributed by atoms with van der Waals surface area (Å²) < 4.78 is 0. The predicted octanol–water partition coefficient (Wildman–Crippen LogP) is 2.12. The average Bonchev–Trinajstić information content (AvgIpc) is 2.47. The Hall–Kier alpha value is -1.95. The Kier molecular flexibility index (Phi) is 4.90. The van der Waals surface area contributed by atoms with E-state index in [-0.39, 0.29) is 17.6 Å². The molecule has 2 rings (SSSR count). The van der Waals surface area contributed by atoms with E-state index < -0.39 is 4.92 Å². The number of rotatable bonds is 4. The maximum Gasteiger partial charge on any atom is 0.273 e. The zero-order valence-electron chi connectivity index (χ0n) is 12.5. The van der Waals surface area contributed by atoms with Gasteiger partial charge in [-0.2, -0.15) is 0 Å². The summed E-state index contributed by atoms with van der Waals surface area (Å²) in [6.45, 7) is 3.11. The molecular weight excluding hydrogens is 270 g/mol. The average molecular weight is 291 g/mol. The molecule has 0 radical (unpaired) electrons. The van der Waals surface area contributed by atoms with E-state index in [2.05, 4.69) is 5.32 Å². The number of likely N-dealkylation sites (tertiary alicyclic amines) is 1. The first-order chi connectivity index (χ1) is 10.1. The minimum Gasteiger partial charge on any atom is -0.334 e. The maximum atomic E-state index is 12.8. The highest BCUT2D eigenvalue weighted by molar-refractivity contribution is 5.96. The number of nitrogens with one attached hydrogen (secondary N) is 1. The summed E-state index contributed by atoms with van der Waals surface area (Å²) in [7, 11) is 1.87. The van der Waals surface area contributed by atoms with Crippen molar-refractivity contribution in [1.29, 1.82) is 0 Å². The van der Waals surface area contributed by atoms with Crippen LogP contribution in [0.15, 0.2) is 18.2 Å². The third-order valence-electron chi connectivity index (χ3n) is 4.06. The molecule has 114 valence electrons. The fraction of sp³-hybridized carbons (Fsp3) is 0.533. The van der Waals surface area contributed by atoms with Crippen LogP contribution in [0.2, 0.25) is 0 Å². The van der Waals surface area contributed by atoms with Crippen molar-refractivity contribution < 1.29 is 9.72 Å². The fourth-order valence-electron chi connectivity index (χ4n) is 2.92. The molecule has 1 amide bonds. The number of nitro benzene ring substituents is 1. The zero-order valence-corrected chi connectivity index (χ0v) is 12.5. The number of carbonyl (C=O) groups is 1. The van der Waals surface area contributed by atoms with E-state index >= 15 is 0 Å². The van der Waals surface area contributed by atoms with Crippen molar-refractivity contribution in [1.82, 2.24) is 10.2 Å². The van der Waals surface area contributed by atoms with Crippen molar-refractivity contribution in [3.63, 3.8) is 0 Å². The molecule has 1 heterocycles. The van der Waals surface area contributed by atoms with Gasteiger partial charge in [0.2, 0.25) is 0 Å². The van der Waals surface area contributed by atoms with Crippen molar-refractivity contribution >= 4 is 11.6 Å². The quantitative estimate of drug-likeness (QED) is 0.681. The summed E-state index contributed by atoms with van der Waals surface area (Å²) in [5.74, 6) is -0.101. The van der Waals surface area contributed by atoms with Crippen LogP contribution in [0, 0.1) is 17.0 Å². The molecule has 1 unspecified atom stereocenters. The van der Waals surface area contributed by atoms with Crippen LogP contribution in [0.5, 0.6) is 0 Å². The molecule has 1 aromatic carbocycles. The van der Waals surface area contributed by atoms with Crippen molar-refractivity contribution in [3.05, 3.63) is 39.4 Å². The monoisotopic (exact) mass is 291 g/mol. The lowest BCUT2D eigenvalue weighted by Crippen LogP contribution is -2.48. The molecule has 0 aromatic heterocycles. The summed E-state index contributed by atoms with van der Waals surface area (Å²) in [6, 6.07) is 4.85. The number of amides is 1. The summed E-state index contributed by atoms with van der Waals surface area (Å²) in [5.41, 5.74) is 0.886. The fourth-order valence-corrected chi connectivity index (χ4v) is 2.92. The molecule has 1 saturated heterocycles. The van der Waals surface area contributed by atoms with Gasteiger partial charge in [0.1, 0.15) is 0 Å². The van der Waals surface area contributed by atoms with Crippen LogP contribution in [-0.2, 0) is 0 Å². The minimum absolute atomic E-state index is 0.00280. The van der Waals surface area contributed by atoms with Crippen LogP contribution in [0.3, 0.4) is 0 Å². The van der Waals surface area contributed by atoms with Gasteiger partial charge in [0, 0.05) is 36.3 Å². The maximum absolute atomic E-state index is 12.8. The number of hydrogen-bond donors (Lipinski definition) is 1. The molecule has 21 heavy (non-hydrogen) atoms. The van der Waals surface area contributed by atoms with E-state index in [4.69, 9.17) is 0 Å². The molecule has 0 bridgehead atoms. The molecule has 1 aliphatic rings.